The van der Waals surface area contributed by atoms with E-state index in [0.717, 1.165) is 11.1 Å². The Balaban J connectivity index is 1.70. The van der Waals surface area contributed by atoms with Crippen molar-refractivity contribution in [3.63, 3.8) is 0 Å². The third kappa shape index (κ3) is 3.41. The molecule has 5 rings (SSSR count). The monoisotopic (exact) mass is 468 g/mol. The number of methoxy groups -OCH3 is 1. The fourth-order valence-corrected chi connectivity index (χ4v) is 4.98. The van der Waals surface area contributed by atoms with E-state index in [1.807, 2.05) is 12.1 Å². The van der Waals surface area contributed by atoms with Crippen LogP contribution >= 0.6 is 22.9 Å². The first-order valence-corrected chi connectivity index (χ1v) is 10.9. The van der Waals surface area contributed by atoms with Crippen LogP contribution < -0.4 is 24.4 Å². The first-order valence-electron chi connectivity index (χ1n) is 9.72. The van der Waals surface area contributed by atoms with Crippen LogP contribution in [-0.2, 0) is 9.53 Å². The minimum Gasteiger partial charge on any atom is -0.466 e. The lowest BCUT2D eigenvalue weighted by Gasteiger charge is -2.24. The Morgan fingerprint density at radius 3 is 2.72 bits per heavy atom. The molecule has 0 bridgehead atoms. The molecule has 1 aromatic heterocycles. The molecule has 162 valence electrons. The van der Waals surface area contributed by atoms with E-state index in [1.54, 1.807) is 43.3 Å². The zero-order valence-corrected chi connectivity index (χ0v) is 18.7. The Labute approximate surface area is 191 Å². The third-order valence-electron chi connectivity index (χ3n) is 5.31. The smallest absolute Gasteiger partial charge is 0.338 e. The van der Waals surface area contributed by atoms with Gasteiger partial charge in [0.25, 0.3) is 5.56 Å². The summed E-state index contributed by atoms with van der Waals surface area (Å²) >= 11 is 7.32. The van der Waals surface area contributed by atoms with Crippen molar-refractivity contribution in [1.29, 1.82) is 0 Å². The van der Waals surface area contributed by atoms with Gasteiger partial charge in [-0.25, -0.2) is 9.79 Å². The number of allylic oxidation sites excluding steroid dienone is 1. The van der Waals surface area contributed by atoms with Crippen LogP contribution in [0.5, 0.6) is 11.5 Å². The molecule has 0 N–H and O–H groups in total. The minimum atomic E-state index is -0.671. The summed E-state index contributed by atoms with van der Waals surface area (Å²) in [6.45, 7) is 1.92. The van der Waals surface area contributed by atoms with Crippen LogP contribution in [-0.4, -0.2) is 24.4 Å². The summed E-state index contributed by atoms with van der Waals surface area (Å²) in [6, 6.07) is 11.9. The van der Waals surface area contributed by atoms with Crippen molar-refractivity contribution in [1.82, 2.24) is 4.57 Å². The quantitative estimate of drug-likeness (QED) is 0.552. The predicted octanol–water partition coefficient (Wildman–Crippen LogP) is 2.79. The number of halogens is 1. The summed E-state index contributed by atoms with van der Waals surface area (Å²) in [6.07, 6.45) is 1.78. The number of carbonyl (C=O) groups excluding carboxylic acids is 1. The van der Waals surface area contributed by atoms with Gasteiger partial charge in [-0.2, -0.15) is 0 Å². The highest BCUT2D eigenvalue weighted by atomic mass is 35.5. The summed E-state index contributed by atoms with van der Waals surface area (Å²) in [5.74, 6) is 0.773. The number of esters is 1. The summed E-state index contributed by atoms with van der Waals surface area (Å²) in [5, 5.41) is 0.560. The molecule has 0 spiro atoms. The van der Waals surface area contributed by atoms with Crippen LogP contribution in [0.3, 0.4) is 0 Å². The number of nitrogens with zero attached hydrogens (tertiary/aromatic N) is 2. The number of thiazole rings is 1. The van der Waals surface area contributed by atoms with Crippen LogP contribution in [0.1, 0.15) is 24.1 Å². The van der Waals surface area contributed by atoms with E-state index in [9.17, 15) is 9.59 Å². The van der Waals surface area contributed by atoms with E-state index in [1.165, 1.54) is 23.0 Å². The highest BCUT2D eigenvalue weighted by Gasteiger charge is 2.33. The summed E-state index contributed by atoms with van der Waals surface area (Å²) in [5.41, 5.74) is 2.11. The topological polar surface area (TPSA) is 79.1 Å². The fraction of sp³-hybridized carbons (Fsp3) is 0.174. The van der Waals surface area contributed by atoms with Gasteiger partial charge in [0.05, 0.1) is 29.0 Å². The molecular weight excluding hydrogens is 452 g/mol. The Morgan fingerprint density at radius 2 is 1.97 bits per heavy atom. The third-order valence-corrected chi connectivity index (χ3v) is 6.54. The molecule has 0 fully saturated rings. The van der Waals surface area contributed by atoms with Gasteiger partial charge in [0.1, 0.15) is 0 Å². The number of hydrogen-bond acceptors (Lipinski definition) is 7. The maximum absolute atomic E-state index is 13.5. The van der Waals surface area contributed by atoms with Gasteiger partial charge in [-0.3, -0.25) is 9.36 Å². The molecule has 0 saturated carbocycles. The van der Waals surface area contributed by atoms with Crippen molar-refractivity contribution in [2.24, 2.45) is 4.99 Å². The highest BCUT2D eigenvalue weighted by Crippen LogP contribution is 2.33. The Kier molecular flexibility index (Phi) is 5.11. The second-order valence-electron chi connectivity index (χ2n) is 7.24. The normalized spacial score (nSPS) is 17.2. The van der Waals surface area contributed by atoms with Crippen LogP contribution in [0.4, 0.5) is 0 Å². The van der Waals surface area contributed by atoms with E-state index in [2.05, 4.69) is 4.99 Å². The minimum absolute atomic E-state index is 0.178. The van der Waals surface area contributed by atoms with Gasteiger partial charge in [0.2, 0.25) is 6.79 Å². The molecule has 3 heterocycles. The van der Waals surface area contributed by atoms with Crippen LogP contribution in [0.15, 0.2) is 63.5 Å². The average Bonchev–Trinajstić information content (AvgIpc) is 3.37. The maximum atomic E-state index is 13.5. The van der Waals surface area contributed by atoms with Gasteiger partial charge >= 0.3 is 5.97 Å². The zero-order valence-electron chi connectivity index (χ0n) is 17.1. The van der Waals surface area contributed by atoms with E-state index in [4.69, 9.17) is 25.8 Å². The standard InChI is InChI=1S/C23H17ClN2O5S/c1-12-19(22(28)29-2)20(14-4-6-15(24)7-5-14)26-21(27)18(32-23(26)25-12)10-13-3-8-16-17(9-13)31-11-30-16/h3-10,20H,11H2,1-2H3/b18-10-/t20-/m0/s1. The molecule has 2 aliphatic heterocycles. The SMILES string of the molecule is COC(=O)C1=C(C)N=c2s/c(=C\c3ccc4c(c3)OCO4)c(=O)n2[C@H]1c1ccc(Cl)cc1. The van der Waals surface area contributed by atoms with Crippen LogP contribution in [0.25, 0.3) is 6.08 Å². The first-order chi connectivity index (χ1) is 15.5. The first kappa shape index (κ1) is 20.5. The molecule has 0 unspecified atom stereocenters. The number of carbonyl (C=O) groups is 1. The summed E-state index contributed by atoms with van der Waals surface area (Å²) in [4.78, 5) is 31.2. The summed E-state index contributed by atoms with van der Waals surface area (Å²) in [7, 11) is 1.31. The molecule has 9 heteroatoms. The Morgan fingerprint density at radius 1 is 1.22 bits per heavy atom. The van der Waals surface area contributed by atoms with Gasteiger partial charge < -0.3 is 14.2 Å². The fourth-order valence-electron chi connectivity index (χ4n) is 3.81. The van der Waals surface area contributed by atoms with E-state index in [0.29, 0.717) is 37.1 Å². The highest BCUT2D eigenvalue weighted by molar-refractivity contribution is 7.07. The van der Waals surface area contributed by atoms with Gasteiger partial charge in [0, 0.05) is 5.02 Å². The van der Waals surface area contributed by atoms with Crippen molar-refractivity contribution >= 4 is 35.0 Å². The zero-order chi connectivity index (χ0) is 22.4. The van der Waals surface area contributed by atoms with Crippen molar-refractivity contribution in [3.8, 4) is 11.5 Å². The number of fused-ring (bicyclic) bond motifs is 2. The number of aromatic nitrogens is 1. The van der Waals surface area contributed by atoms with Crippen molar-refractivity contribution in [2.45, 2.75) is 13.0 Å². The van der Waals surface area contributed by atoms with Gasteiger partial charge in [0.15, 0.2) is 16.3 Å². The second kappa shape index (κ2) is 7.96. The predicted molar refractivity (Wildman–Crippen MR) is 120 cm³/mol. The molecule has 1 atom stereocenters. The van der Waals surface area contributed by atoms with Gasteiger partial charge in [-0.15, -0.1) is 0 Å². The van der Waals surface area contributed by atoms with E-state index in [-0.39, 0.29) is 12.4 Å². The van der Waals surface area contributed by atoms with Gasteiger partial charge in [-0.05, 0) is 48.4 Å². The lowest BCUT2D eigenvalue weighted by Crippen LogP contribution is -2.39. The number of benzene rings is 2. The second-order valence-corrected chi connectivity index (χ2v) is 8.68. The number of ether oxygens (including phenoxy) is 3. The van der Waals surface area contributed by atoms with Gasteiger partial charge in [-0.1, -0.05) is 41.1 Å². The molecule has 7 nitrogen and oxygen atoms in total. The van der Waals surface area contributed by atoms with Crippen LogP contribution in [0.2, 0.25) is 5.02 Å². The molecular formula is C23H17ClN2O5S. The number of rotatable bonds is 3. The molecule has 2 aliphatic rings. The molecule has 0 saturated heterocycles. The van der Waals surface area contributed by atoms with E-state index < -0.39 is 12.0 Å². The van der Waals surface area contributed by atoms with Crippen molar-refractivity contribution in [3.05, 3.63) is 89.6 Å². The Hall–Kier alpha value is -3.36. The average molecular weight is 469 g/mol. The largest absolute Gasteiger partial charge is 0.466 e. The van der Waals surface area contributed by atoms with Crippen molar-refractivity contribution < 1.29 is 19.0 Å². The Bertz CT molecular complexity index is 1450. The molecule has 3 aromatic rings. The van der Waals surface area contributed by atoms with E-state index >= 15 is 0 Å². The number of hydrogen-bond donors (Lipinski definition) is 0. The molecule has 0 amide bonds. The molecule has 0 radical (unpaired) electrons. The molecule has 2 aromatic carbocycles. The van der Waals surface area contributed by atoms with Crippen LogP contribution in [0, 0.1) is 0 Å². The molecule has 0 aliphatic carbocycles. The van der Waals surface area contributed by atoms with Crippen molar-refractivity contribution in [2.75, 3.05) is 13.9 Å². The lowest BCUT2D eigenvalue weighted by molar-refractivity contribution is -0.136. The maximum Gasteiger partial charge on any atom is 0.338 e. The summed E-state index contributed by atoms with van der Waals surface area (Å²) < 4.78 is 17.8. The lowest BCUT2D eigenvalue weighted by atomic mass is 9.96. The molecule has 32 heavy (non-hydrogen) atoms.